The lowest BCUT2D eigenvalue weighted by Gasteiger charge is -2.31. The standard InChI is InChI=1S/C22H22ClN7O/c1-14-13-15(2)30(27-14)18-7-6-17(23)20(24-18)22(31)28-11-8-16(9-12-28)21-26-25-19-5-3-4-10-29(19)21/h3-7,10,13,16H,8-9,11-12H2,1-2H3. The normalized spacial score (nSPS) is 15.0. The summed E-state index contributed by atoms with van der Waals surface area (Å²) in [5.41, 5.74) is 2.95. The maximum absolute atomic E-state index is 13.2. The highest BCUT2D eigenvalue weighted by Gasteiger charge is 2.29. The summed E-state index contributed by atoms with van der Waals surface area (Å²) in [6.45, 7) is 5.12. The summed E-state index contributed by atoms with van der Waals surface area (Å²) in [6.07, 6.45) is 3.61. The van der Waals surface area contributed by atoms with Crippen LogP contribution >= 0.6 is 11.6 Å². The molecule has 0 radical (unpaired) electrons. The van der Waals surface area contributed by atoms with E-state index in [1.165, 1.54) is 0 Å². The molecule has 0 bridgehead atoms. The Balaban J connectivity index is 1.35. The molecule has 0 saturated carbocycles. The van der Waals surface area contributed by atoms with Crippen LogP contribution in [0.25, 0.3) is 11.5 Å². The number of aryl methyl sites for hydroxylation is 2. The van der Waals surface area contributed by atoms with Gasteiger partial charge in [0.05, 0.1) is 10.7 Å². The van der Waals surface area contributed by atoms with Crippen molar-refractivity contribution >= 4 is 23.2 Å². The van der Waals surface area contributed by atoms with Crippen molar-refractivity contribution in [3.8, 4) is 5.82 Å². The minimum Gasteiger partial charge on any atom is -0.337 e. The van der Waals surface area contributed by atoms with Crippen molar-refractivity contribution in [2.75, 3.05) is 13.1 Å². The summed E-state index contributed by atoms with van der Waals surface area (Å²) < 4.78 is 3.75. The maximum Gasteiger partial charge on any atom is 0.274 e. The number of halogens is 1. The van der Waals surface area contributed by atoms with Crippen LogP contribution in [-0.4, -0.2) is 53.3 Å². The fraction of sp³-hybridized carbons (Fsp3) is 0.318. The molecule has 0 aliphatic carbocycles. The molecule has 4 aromatic heterocycles. The number of carbonyl (C=O) groups is 1. The van der Waals surface area contributed by atoms with Crippen LogP contribution in [0, 0.1) is 13.8 Å². The van der Waals surface area contributed by atoms with E-state index < -0.39 is 0 Å². The molecule has 8 nitrogen and oxygen atoms in total. The highest BCUT2D eigenvalue weighted by Crippen LogP contribution is 2.28. The Morgan fingerprint density at radius 1 is 1.10 bits per heavy atom. The van der Waals surface area contributed by atoms with Gasteiger partial charge in [-0.25, -0.2) is 9.67 Å². The second-order valence-corrected chi connectivity index (χ2v) is 8.30. The minimum absolute atomic E-state index is 0.155. The second-order valence-electron chi connectivity index (χ2n) is 7.89. The van der Waals surface area contributed by atoms with Crippen molar-refractivity contribution in [1.29, 1.82) is 0 Å². The van der Waals surface area contributed by atoms with Gasteiger partial charge in [0.25, 0.3) is 5.91 Å². The molecule has 5 rings (SSSR count). The monoisotopic (exact) mass is 435 g/mol. The zero-order valence-corrected chi connectivity index (χ0v) is 18.1. The number of hydrogen-bond donors (Lipinski definition) is 0. The summed E-state index contributed by atoms with van der Waals surface area (Å²) in [5.74, 6) is 1.64. The molecule has 158 valence electrons. The van der Waals surface area contributed by atoms with Crippen LogP contribution in [0.3, 0.4) is 0 Å². The van der Waals surface area contributed by atoms with Crippen LogP contribution in [0.1, 0.15) is 46.5 Å². The molecule has 5 heterocycles. The van der Waals surface area contributed by atoms with E-state index in [1.807, 2.05) is 53.6 Å². The summed E-state index contributed by atoms with van der Waals surface area (Å²) in [6, 6.07) is 11.3. The van der Waals surface area contributed by atoms with Crippen LogP contribution in [-0.2, 0) is 0 Å². The number of carbonyl (C=O) groups excluding carboxylic acids is 1. The van der Waals surface area contributed by atoms with Crippen molar-refractivity contribution in [3.63, 3.8) is 0 Å². The van der Waals surface area contributed by atoms with Gasteiger partial charge in [0, 0.05) is 30.9 Å². The van der Waals surface area contributed by atoms with Crippen molar-refractivity contribution in [3.05, 3.63) is 70.5 Å². The average molecular weight is 436 g/mol. The number of likely N-dealkylation sites (tertiary alicyclic amines) is 1. The van der Waals surface area contributed by atoms with Gasteiger partial charge < -0.3 is 4.90 Å². The third kappa shape index (κ3) is 3.57. The highest BCUT2D eigenvalue weighted by molar-refractivity contribution is 6.33. The number of aromatic nitrogens is 6. The number of hydrogen-bond acceptors (Lipinski definition) is 5. The molecule has 1 aliphatic rings. The molecule has 1 fully saturated rings. The van der Waals surface area contributed by atoms with Gasteiger partial charge in [-0.05, 0) is 57.0 Å². The summed E-state index contributed by atoms with van der Waals surface area (Å²) in [4.78, 5) is 19.6. The van der Waals surface area contributed by atoms with Gasteiger partial charge in [0.2, 0.25) is 0 Å². The Kier molecular flexibility index (Phi) is 4.94. The van der Waals surface area contributed by atoms with Crippen LogP contribution in [0.4, 0.5) is 0 Å². The van der Waals surface area contributed by atoms with Crippen molar-refractivity contribution in [1.82, 2.24) is 34.3 Å². The number of pyridine rings is 2. The molecule has 1 saturated heterocycles. The lowest BCUT2D eigenvalue weighted by molar-refractivity contribution is 0.0705. The molecular formula is C22H22ClN7O. The molecule has 0 N–H and O–H groups in total. The number of amides is 1. The molecule has 0 unspecified atom stereocenters. The second kappa shape index (κ2) is 7.77. The number of piperidine rings is 1. The van der Waals surface area contributed by atoms with Gasteiger partial charge in [-0.1, -0.05) is 17.7 Å². The lowest BCUT2D eigenvalue weighted by atomic mass is 9.95. The first-order valence-corrected chi connectivity index (χ1v) is 10.7. The predicted octanol–water partition coefficient (Wildman–Crippen LogP) is 3.60. The Morgan fingerprint density at radius 2 is 1.90 bits per heavy atom. The zero-order valence-electron chi connectivity index (χ0n) is 17.4. The van der Waals surface area contributed by atoms with Gasteiger partial charge in [-0.15, -0.1) is 10.2 Å². The zero-order chi connectivity index (χ0) is 21.5. The van der Waals surface area contributed by atoms with Gasteiger partial charge in [-0.2, -0.15) is 5.10 Å². The molecule has 9 heteroatoms. The van der Waals surface area contributed by atoms with E-state index in [1.54, 1.807) is 16.8 Å². The van der Waals surface area contributed by atoms with Gasteiger partial charge in [0.15, 0.2) is 11.5 Å². The fourth-order valence-electron chi connectivity index (χ4n) is 4.19. The largest absolute Gasteiger partial charge is 0.337 e. The molecule has 0 spiro atoms. The van der Waals surface area contributed by atoms with E-state index in [2.05, 4.69) is 20.3 Å². The van der Waals surface area contributed by atoms with E-state index in [-0.39, 0.29) is 17.5 Å². The van der Waals surface area contributed by atoms with E-state index in [0.29, 0.717) is 23.9 Å². The third-order valence-electron chi connectivity index (χ3n) is 5.75. The number of fused-ring (bicyclic) bond motifs is 1. The smallest absolute Gasteiger partial charge is 0.274 e. The Bertz CT molecular complexity index is 1270. The summed E-state index contributed by atoms with van der Waals surface area (Å²) in [7, 11) is 0. The molecule has 0 aromatic carbocycles. The van der Waals surface area contributed by atoms with Gasteiger partial charge in [0.1, 0.15) is 11.5 Å². The Morgan fingerprint density at radius 3 is 2.65 bits per heavy atom. The van der Waals surface area contributed by atoms with E-state index in [4.69, 9.17) is 11.6 Å². The molecular weight excluding hydrogens is 414 g/mol. The Labute approximate surface area is 184 Å². The quantitative estimate of drug-likeness (QED) is 0.491. The van der Waals surface area contributed by atoms with Crippen LogP contribution in [0.15, 0.2) is 42.6 Å². The van der Waals surface area contributed by atoms with E-state index >= 15 is 0 Å². The van der Waals surface area contributed by atoms with Crippen LogP contribution in [0.5, 0.6) is 0 Å². The third-order valence-corrected chi connectivity index (χ3v) is 6.05. The molecule has 1 amide bonds. The van der Waals surface area contributed by atoms with E-state index in [0.717, 1.165) is 35.7 Å². The van der Waals surface area contributed by atoms with Gasteiger partial charge in [-0.3, -0.25) is 9.20 Å². The van der Waals surface area contributed by atoms with Gasteiger partial charge >= 0.3 is 0 Å². The fourth-order valence-corrected chi connectivity index (χ4v) is 4.38. The maximum atomic E-state index is 13.2. The van der Waals surface area contributed by atoms with Crippen LogP contribution in [0.2, 0.25) is 5.02 Å². The number of rotatable bonds is 3. The lowest BCUT2D eigenvalue weighted by Crippen LogP contribution is -2.38. The summed E-state index contributed by atoms with van der Waals surface area (Å²) >= 11 is 6.36. The first kappa shape index (κ1) is 19.7. The highest BCUT2D eigenvalue weighted by atomic mass is 35.5. The van der Waals surface area contributed by atoms with Crippen molar-refractivity contribution < 1.29 is 4.79 Å². The van der Waals surface area contributed by atoms with Crippen molar-refractivity contribution in [2.45, 2.75) is 32.6 Å². The molecule has 0 atom stereocenters. The summed E-state index contributed by atoms with van der Waals surface area (Å²) in [5, 5.41) is 13.4. The van der Waals surface area contributed by atoms with Crippen molar-refractivity contribution in [2.24, 2.45) is 0 Å². The van der Waals surface area contributed by atoms with Crippen LogP contribution < -0.4 is 0 Å². The molecule has 4 aromatic rings. The first-order chi connectivity index (χ1) is 15.0. The molecule has 31 heavy (non-hydrogen) atoms. The van der Waals surface area contributed by atoms with E-state index in [9.17, 15) is 4.79 Å². The SMILES string of the molecule is Cc1cc(C)n(-c2ccc(Cl)c(C(=O)N3CCC(c4nnc5ccccn45)CC3)n2)n1. The number of nitrogens with zero attached hydrogens (tertiary/aromatic N) is 7. The average Bonchev–Trinajstić information content (AvgIpc) is 3.36. The minimum atomic E-state index is -0.155. The Hall–Kier alpha value is -3.26. The molecule has 1 aliphatic heterocycles. The predicted molar refractivity (Wildman–Crippen MR) is 117 cm³/mol. The topological polar surface area (TPSA) is 81.2 Å². The first-order valence-electron chi connectivity index (χ1n) is 10.3.